The van der Waals surface area contributed by atoms with Crippen LogP contribution in [0.2, 0.25) is 5.02 Å². The number of aliphatic carboxylic acids is 1. The van der Waals surface area contributed by atoms with Gasteiger partial charge in [-0.25, -0.2) is 4.79 Å². The second-order valence-electron chi connectivity index (χ2n) is 11.5. The van der Waals surface area contributed by atoms with Crippen molar-refractivity contribution in [2.45, 2.75) is 35.6 Å². The third-order valence-corrected chi connectivity index (χ3v) is 12.6. The zero-order valence-corrected chi connectivity index (χ0v) is 27.0. The number of hydrogen-bond acceptors (Lipinski definition) is 8. The van der Waals surface area contributed by atoms with Crippen LogP contribution in [0.1, 0.15) is 29.7 Å². The summed E-state index contributed by atoms with van der Waals surface area (Å²) in [5.74, 6) is -3.97. The van der Waals surface area contributed by atoms with Crippen molar-refractivity contribution in [1.82, 2.24) is 9.88 Å². The molecule has 3 aromatic rings. The average Bonchev–Trinajstić information content (AvgIpc) is 3.72. The second-order valence-corrected chi connectivity index (χ2v) is 15.1. The number of likely N-dealkylation sites (tertiary alicyclic amines) is 1. The third-order valence-electron chi connectivity index (χ3n) is 9.30. The van der Waals surface area contributed by atoms with Gasteiger partial charge in [-0.15, -0.1) is 11.8 Å². The molecular formula is C30H25BrClN3O7S2. The lowest BCUT2D eigenvalue weighted by Gasteiger charge is -2.43. The number of anilines is 1. The number of carboxylic acid groups (broad SMARTS) is 1. The lowest BCUT2D eigenvalue weighted by Crippen LogP contribution is -2.44. The van der Waals surface area contributed by atoms with Gasteiger partial charge in [0.1, 0.15) is 11.8 Å². The molecule has 228 valence electrons. The first-order valence-corrected chi connectivity index (χ1v) is 16.9. The Morgan fingerprint density at radius 1 is 1.14 bits per heavy atom. The summed E-state index contributed by atoms with van der Waals surface area (Å²) in [6.45, 7) is 1.09. The van der Waals surface area contributed by atoms with Crippen molar-refractivity contribution in [2.75, 3.05) is 11.9 Å². The van der Waals surface area contributed by atoms with Crippen LogP contribution in [0.25, 0.3) is 0 Å². The van der Waals surface area contributed by atoms with Crippen LogP contribution < -0.4 is 14.9 Å². The molecule has 2 aliphatic carbocycles. The predicted molar refractivity (Wildman–Crippen MR) is 167 cm³/mol. The molecule has 1 aromatic heterocycles. The van der Waals surface area contributed by atoms with Crippen LogP contribution in [0, 0.1) is 29.6 Å². The minimum absolute atomic E-state index is 0.0825. The van der Waals surface area contributed by atoms with Crippen LogP contribution in [0.4, 0.5) is 5.69 Å². The van der Waals surface area contributed by atoms with Crippen molar-refractivity contribution < 1.29 is 29.0 Å². The summed E-state index contributed by atoms with van der Waals surface area (Å²) < 4.78 is 6.89. The number of halogens is 2. The van der Waals surface area contributed by atoms with Gasteiger partial charge in [0.25, 0.3) is 5.91 Å². The van der Waals surface area contributed by atoms with Gasteiger partial charge in [0.15, 0.2) is 6.61 Å². The van der Waals surface area contributed by atoms with Gasteiger partial charge in [0, 0.05) is 36.8 Å². The smallest absolute Gasteiger partial charge is 0.326 e. The third kappa shape index (κ3) is 4.70. The summed E-state index contributed by atoms with van der Waals surface area (Å²) in [6.07, 6.45) is 0.661. The van der Waals surface area contributed by atoms with Crippen molar-refractivity contribution in [2.24, 2.45) is 29.6 Å². The first kappa shape index (κ1) is 29.6. The number of hydrogen-bond donors (Lipinski definition) is 3. The molecule has 2 bridgehead atoms. The molecule has 0 radical (unpaired) electrons. The Kier molecular flexibility index (Phi) is 7.42. The molecule has 10 nitrogen and oxygen atoms in total. The number of imide groups is 1. The Hall–Kier alpha value is -3.13. The van der Waals surface area contributed by atoms with Crippen LogP contribution in [0.15, 0.2) is 56.8 Å². The highest BCUT2D eigenvalue weighted by atomic mass is 79.9. The fourth-order valence-corrected chi connectivity index (χ4v) is 11.0. The Labute approximate surface area is 272 Å². The molecule has 3 N–H and O–H groups in total. The lowest BCUT2D eigenvalue weighted by atomic mass is 9.68. The van der Waals surface area contributed by atoms with Crippen molar-refractivity contribution in [1.29, 1.82) is 0 Å². The van der Waals surface area contributed by atoms with Gasteiger partial charge >= 0.3 is 10.8 Å². The highest BCUT2D eigenvalue weighted by Crippen LogP contribution is 2.69. The van der Waals surface area contributed by atoms with E-state index in [4.69, 9.17) is 16.3 Å². The van der Waals surface area contributed by atoms with Crippen LogP contribution in [-0.2, 0) is 19.2 Å². The van der Waals surface area contributed by atoms with Gasteiger partial charge in [0.2, 0.25) is 11.8 Å². The number of nitrogens with one attached hydrogen (secondary N) is 2. The van der Waals surface area contributed by atoms with E-state index in [-0.39, 0.29) is 46.3 Å². The molecule has 3 amide bonds. The molecule has 4 aliphatic rings. The molecule has 3 heterocycles. The van der Waals surface area contributed by atoms with Crippen LogP contribution in [0.5, 0.6) is 5.75 Å². The van der Waals surface area contributed by atoms with Gasteiger partial charge in [-0.1, -0.05) is 38.9 Å². The average molecular weight is 719 g/mol. The standard InChI is InChI=1S/C30H25BrClN3O7S2/c1-11(29(39)40)35-27(37)22-16-9-17(23(22)28(35)38)24-21(16)20(25-26(43-24)34-30(41)44-25)15-8-12(31)2-7-18(15)42-10-19(36)33-14-5-3-13(32)4-6-14/h2-8,11,16-17,20-24H,9-10H2,1H3,(H,33,36)(H,34,41)(H,39,40)/t11?,16?,17?,20-,21?,22?,23?,24?/m1/s1. The molecule has 14 heteroatoms. The SMILES string of the molecule is CC(C(=O)O)N1C(=O)C2C3CC(C2C1=O)C1C3Sc2[nH]c(=O)sc2[C@@H]1c1cc(Br)ccc1OCC(=O)Nc1ccc(Cl)cc1. The number of carbonyl (C=O) groups is 4. The highest BCUT2D eigenvalue weighted by molar-refractivity contribution is 9.10. The molecule has 7 unspecified atom stereocenters. The topological polar surface area (TPSA) is 146 Å². The number of benzene rings is 2. The fraction of sp³-hybridized carbons (Fsp3) is 0.367. The number of H-pyrrole nitrogens is 1. The van der Waals surface area contributed by atoms with Crippen molar-refractivity contribution in [3.63, 3.8) is 0 Å². The van der Waals surface area contributed by atoms with Gasteiger partial charge in [-0.3, -0.25) is 24.1 Å². The number of aromatic nitrogens is 1. The van der Waals surface area contributed by atoms with Gasteiger partial charge in [-0.05, 0) is 73.6 Å². The zero-order chi connectivity index (χ0) is 31.0. The summed E-state index contributed by atoms with van der Waals surface area (Å²) in [4.78, 5) is 68.9. The molecule has 2 aromatic carbocycles. The normalized spacial score (nSPS) is 28.8. The van der Waals surface area contributed by atoms with E-state index < -0.39 is 35.7 Å². The number of thioether (sulfide) groups is 1. The van der Waals surface area contributed by atoms with E-state index in [1.165, 1.54) is 18.7 Å². The quantitative estimate of drug-likeness (QED) is 0.295. The minimum Gasteiger partial charge on any atom is -0.483 e. The van der Waals surface area contributed by atoms with E-state index >= 15 is 0 Å². The number of ether oxygens (including phenoxy) is 1. The summed E-state index contributed by atoms with van der Waals surface area (Å²) in [7, 11) is 0. The molecule has 0 spiro atoms. The molecule has 7 rings (SSSR count). The molecular weight excluding hydrogens is 694 g/mol. The maximum Gasteiger partial charge on any atom is 0.326 e. The Bertz CT molecular complexity index is 1780. The second kappa shape index (κ2) is 11.0. The minimum atomic E-state index is -1.24. The van der Waals surface area contributed by atoms with Crippen LogP contribution in [0.3, 0.4) is 0 Å². The van der Waals surface area contributed by atoms with Gasteiger partial charge < -0.3 is 20.1 Å². The number of rotatable bonds is 7. The van der Waals surface area contributed by atoms with Crippen LogP contribution >= 0.6 is 50.6 Å². The fourth-order valence-electron chi connectivity index (χ4n) is 7.65. The molecule has 1 saturated heterocycles. The van der Waals surface area contributed by atoms with Crippen molar-refractivity contribution in [3.05, 3.63) is 72.1 Å². The van der Waals surface area contributed by atoms with E-state index in [2.05, 4.69) is 26.2 Å². The first-order chi connectivity index (χ1) is 21.0. The highest BCUT2D eigenvalue weighted by Gasteiger charge is 2.70. The van der Waals surface area contributed by atoms with E-state index in [1.54, 1.807) is 30.3 Å². The zero-order valence-electron chi connectivity index (χ0n) is 23.0. The lowest BCUT2D eigenvalue weighted by molar-refractivity contribution is -0.154. The molecule has 2 aliphatic heterocycles. The van der Waals surface area contributed by atoms with E-state index in [1.807, 2.05) is 12.1 Å². The van der Waals surface area contributed by atoms with Gasteiger partial charge in [-0.2, -0.15) is 0 Å². The number of amides is 3. The molecule has 44 heavy (non-hydrogen) atoms. The largest absolute Gasteiger partial charge is 0.483 e. The Morgan fingerprint density at radius 2 is 1.84 bits per heavy atom. The van der Waals surface area contributed by atoms with E-state index in [0.717, 1.165) is 36.2 Å². The molecule has 3 fully saturated rings. The summed E-state index contributed by atoms with van der Waals surface area (Å²) >= 11 is 12.2. The predicted octanol–water partition coefficient (Wildman–Crippen LogP) is 4.82. The molecule has 2 saturated carbocycles. The van der Waals surface area contributed by atoms with Crippen molar-refractivity contribution in [3.8, 4) is 5.75 Å². The Morgan fingerprint density at radius 3 is 2.55 bits per heavy atom. The maximum absolute atomic E-state index is 13.7. The number of carbonyl (C=O) groups excluding carboxylic acids is 3. The number of fused-ring (bicyclic) bond motifs is 9. The van der Waals surface area contributed by atoms with Crippen LogP contribution in [-0.4, -0.2) is 56.6 Å². The summed E-state index contributed by atoms with van der Waals surface area (Å²) in [6, 6.07) is 11.0. The number of carboxylic acids is 1. The van der Waals surface area contributed by atoms with Gasteiger partial charge in [0.05, 0.1) is 16.9 Å². The first-order valence-electron chi connectivity index (χ1n) is 14.0. The number of nitrogens with zero attached hydrogens (tertiary/aromatic N) is 1. The van der Waals surface area contributed by atoms with E-state index in [9.17, 15) is 29.1 Å². The molecule has 8 atom stereocenters. The maximum atomic E-state index is 13.7. The summed E-state index contributed by atoms with van der Waals surface area (Å²) in [5, 5.41) is 13.6. The Balaban J connectivity index is 1.23. The van der Waals surface area contributed by atoms with E-state index in [0.29, 0.717) is 22.9 Å². The van der Waals surface area contributed by atoms with Crippen molar-refractivity contribution >= 4 is 80.0 Å². The summed E-state index contributed by atoms with van der Waals surface area (Å²) in [5.41, 5.74) is 1.34. The number of aromatic amines is 1. The number of thiazole rings is 1. The monoisotopic (exact) mass is 717 g/mol.